The molecule has 4 heteroatoms. The van der Waals surface area contributed by atoms with E-state index in [1.165, 1.54) is 19.3 Å². The number of hydrogen-bond acceptors (Lipinski definition) is 3. The molecule has 1 aromatic rings. The minimum Gasteiger partial charge on any atom is -0.497 e. The number of ether oxygens (including phenoxy) is 2. The molecule has 2 rings (SSSR count). The average Bonchev–Trinajstić information content (AvgIpc) is 2.53. The molecule has 1 atom stereocenters. The number of hydrogen-bond donors (Lipinski definition) is 1. The van der Waals surface area contributed by atoms with Gasteiger partial charge in [-0.15, -0.1) is 0 Å². The third kappa shape index (κ3) is 4.66. The van der Waals surface area contributed by atoms with Gasteiger partial charge in [-0.25, -0.2) is 0 Å². The largest absolute Gasteiger partial charge is 0.497 e. The van der Waals surface area contributed by atoms with Crippen molar-refractivity contribution in [3.63, 3.8) is 0 Å². The van der Waals surface area contributed by atoms with Crippen LogP contribution in [-0.4, -0.2) is 25.2 Å². The van der Waals surface area contributed by atoms with Crippen molar-refractivity contribution in [2.24, 2.45) is 0 Å². The summed E-state index contributed by atoms with van der Waals surface area (Å²) < 4.78 is 11.0. The summed E-state index contributed by atoms with van der Waals surface area (Å²) in [6, 6.07) is 7.68. The Morgan fingerprint density at radius 3 is 2.67 bits per heavy atom. The monoisotopic (exact) mass is 291 g/mol. The Morgan fingerprint density at radius 1 is 1.29 bits per heavy atom. The standard InChI is InChI=1S/C17H25NO3/c1-3-16(17(19)18-13-8-5-4-6-9-13)21-15-11-7-10-14(12-15)20-2/h7,10-13,16H,3-6,8-9H2,1-2H3,(H,18,19). The van der Waals surface area contributed by atoms with Gasteiger partial charge in [0, 0.05) is 12.1 Å². The van der Waals surface area contributed by atoms with E-state index in [0.717, 1.165) is 18.6 Å². The molecule has 0 saturated heterocycles. The lowest BCUT2D eigenvalue weighted by Crippen LogP contribution is -2.44. The van der Waals surface area contributed by atoms with Gasteiger partial charge in [-0.05, 0) is 31.4 Å². The molecule has 0 radical (unpaired) electrons. The molecule has 0 aliphatic heterocycles. The smallest absolute Gasteiger partial charge is 0.261 e. The fraction of sp³-hybridized carbons (Fsp3) is 0.588. The lowest BCUT2D eigenvalue weighted by molar-refractivity contribution is -0.129. The zero-order valence-corrected chi connectivity index (χ0v) is 12.9. The number of rotatable bonds is 6. The van der Waals surface area contributed by atoms with Gasteiger partial charge in [0.05, 0.1) is 7.11 Å². The maximum Gasteiger partial charge on any atom is 0.261 e. The van der Waals surface area contributed by atoms with Crippen LogP contribution in [0.15, 0.2) is 24.3 Å². The molecule has 0 bridgehead atoms. The summed E-state index contributed by atoms with van der Waals surface area (Å²) in [5, 5.41) is 3.12. The van der Waals surface area contributed by atoms with E-state index in [1.54, 1.807) is 13.2 Å². The fourth-order valence-corrected chi connectivity index (χ4v) is 2.70. The molecule has 4 nitrogen and oxygen atoms in total. The molecule has 1 unspecified atom stereocenters. The van der Waals surface area contributed by atoms with E-state index in [2.05, 4.69) is 5.32 Å². The Kier molecular flexibility index (Phi) is 5.90. The zero-order chi connectivity index (χ0) is 15.1. The Balaban J connectivity index is 1.92. The molecule has 0 aromatic heterocycles. The highest BCUT2D eigenvalue weighted by Gasteiger charge is 2.22. The summed E-state index contributed by atoms with van der Waals surface area (Å²) in [5.41, 5.74) is 0. The van der Waals surface area contributed by atoms with Crippen molar-refractivity contribution in [2.75, 3.05) is 7.11 Å². The third-order valence-electron chi connectivity index (χ3n) is 3.93. The number of amides is 1. The Hall–Kier alpha value is -1.71. The maximum absolute atomic E-state index is 12.3. The third-order valence-corrected chi connectivity index (χ3v) is 3.93. The SMILES string of the molecule is CCC(Oc1cccc(OC)c1)C(=O)NC1CCCCC1. The van der Waals surface area contributed by atoms with E-state index in [4.69, 9.17) is 9.47 Å². The first-order chi connectivity index (χ1) is 10.2. The molecule has 0 heterocycles. The quantitative estimate of drug-likeness (QED) is 0.874. The highest BCUT2D eigenvalue weighted by Crippen LogP contribution is 2.21. The summed E-state index contributed by atoms with van der Waals surface area (Å²) in [7, 11) is 1.62. The van der Waals surface area contributed by atoms with Crippen LogP contribution in [0.4, 0.5) is 0 Å². The summed E-state index contributed by atoms with van der Waals surface area (Å²) in [6.07, 6.45) is 6.07. The lowest BCUT2D eigenvalue weighted by atomic mass is 9.95. The van der Waals surface area contributed by atoms with Gasteiger partial charge in [0.1, 0.15) is 11.5 Å². The number of benzene rings is 1. The minimum absolute atomic E-state index is 0.00720. The highest BCUT2D eigenvalue weighted by atomic mass is 16.5. The first kappa shape index (κ1) is 15.7. The second-order valence-corrected chi connectivity index (χ2v) is 5.54. The summed E-state index contributed by atoms with van der Waals surface area (Å²) in [5.74, 6) is 1.39. The molecule has 0 spiro atoms. The van der Waals surface area contributed by atoms with Crippen molar-refractivity contribution in [3.05, 3.63) is 24.3 Å². The summed E-state index contributed by atoms with van der Waals surface area (Å²) in [4.78, 5) is 12.3. The van der Waals surface area contributed by atoms with E-state index in [1.807, 2.05) is 25.1 Å². The van der Waals surface area contributed by atoms with E-state index in [-0.39, 0.29) is 5.91 Å². The summed E-state index contributed by atoms with van der Waals surface area (Å²) in [6.45, 7) is 1.96. The second kappa shape index (κ2) is 7.91. The van der Waals surface area contributed by atoms with Crippen LogP contribution in [0.25, 0.3) is 0 Å². The van der Waals surface area contributed by atoms with Crippen LogP contribution in [0, 0.1) is 0 Å². The van der Waals surface area contributed by atoms with Gasteiger partial charge in [-0.2, -0.15) is 0 Å². The highest BCUT2D eigenvalue weighted by molar-refractivity contribution is 5.81. The Labute approximate surface area is 126 Å². The van der Waals surface area contributed by atoms with Crippen LogP contribution in [0.2, 0.25) is 0 Å². The van der Waals surface area contributed by atoms with Gasteiger partial charge in [0.25, 0.3) is 5.91 Å². The van der Waals surface area contributed by atoms with Gasteiger partial charge in [0.2, 0.25) is 0 Å². The molecular weight excluding hydrogens is 266 g/mol. The van der Waals surface area contributed by atoms with Crippen molar-refractivity contribution in [1.82, 2.24) is 5.32 Å². The Bertz CT molecular complexity index is 455. The van der Waals surface area contributed by atoms with Crippen LogP contribution in [0.5, 0.6) is 11.5 Å². The molecule has 1 aliphatic carbocycles. The zero-order valence-electron chi connectivity index (χ0n) is 12.9. The normalized spacial score (nSPS) is 17.0. The Morgan fingerprint density at radius 2 is 2.00 bits per heavy atom. The van der Waals surface area contributed by atoms with Crippen molar-refractivity contribution in [3.8, 4) is 11.5 Å². The molecule has 1 N–H and O–H groups in total. The van der Waals surface area contributed by atoms with Crippen molar-refractivity contribution in [2.45, 2.75) is 57.6 Å². The first-order valence-electron chi connectivity index (χ1n) is 7.84. The number of methoxy groups -OCH3 is 1. The van der Waals surface area contributed by atoms with Gasteiger partial charge in [0.15, 0.2) is 6.10 Å². The first-order valence-corrected chi connectivity index (χ1v) is 7.84. The number of nitrogens with one attached hydrogen (secondary N) is 1. The van der Waals surface area contributed by atoms with Crippen molar-refractivity contribution < 1.29 is 14.3 Å². The molecule has 1 saturated carbocycles. The molecule has 116 valence electrons. The van der Waals surface area contributed by atoms with E-state index in [9.17, 15) is 4.79 Å². The van der Waals surface area contributed by atoms with E-state index in [0.29, 0.717) is 18.2 Å². The lowest BCUT2D eigenvalue weighted by Gasteiger charge is -2.25. The van der Waals surface area contributed by atoms with E-state index < -0.39 is 6.10 Å². The number of carbonyl (C=O) groups is 1. The fourth-order valence-electron chi connectivity index (χ4n) is 2.70. The predicted molar refractivity (Wildman–Crippen MR) is 82.7 cm³/mol. The van der Waals surface area contributed by atoms with Crippen molar-refractivity contribution in [1.29, 1.82) is 0 Å². The predicted octanol–water partition coefficient (Wildman–Crippen LogP) is 3.30. The molecular formula is C17H25NO3. The average molecular weight is 291 g/mol. The molecule has 1 amide bonds. The minimum atomic E-state index is -0.445. The van der Waals surface area contributed by atoms with Crippen LogP contribution < -0.4 is 14.8 Å². The van der Waals surface area contributed by atoms with Crippen LogP contribution in [-0.2, 0) is 4.79 Å². The topological polar surface area (TPSA) is 47.6 Å². The second-order valence-electron chi connectivity index (χ2n) is 5.54. The van der Waals surface area contributed by atoms with Gasteiger partial charge in [-0.3, -0.25) is 4.79 Å². The van der Waals surface area contributed by atoms with E-state index >= 15 is 0 Å². The van der Waals surface area contributed by atoms with Crippen molar-refractivity contribution >= 4 is 5.91 Å². The molecule has 21 heavy (non-hydrogen) atoms. The summed E-state index contributed by atoms with van der Waals surface area (Å²) >= 11 is 0. The van der Waals surface area contributed by atoms with Crippen LogP contribution in [0.3, 0.4) is 0 Å². The van der Waals surface area contributed by atoms with Crippen LogP contribution in [0.1, 0.15) is 45.4 Å². The van der Waals surface area contributed by atoms with Gasteiger partial charge >= 0.3 is 0 Å². The molecule has 1 aromatic carbocycles. The van der Waals surface area contributed by atoms with Gasteiger partial charge < -0.3 is 14.8 Å². The molecule has 1 fully saturated rings. The number of carbonyl (C=O) groups excluding carboxylic acids is 1. The van der Waals surface area contributed by atoms with Crippen LogP contribution >= 0.6 is 0 Å². The van der Waals surface area contributed by atoms with Gasteiger partial charge in [-0.1, -0.05) is 32.3 Å². The molecule has 1 aliphatic rings. The maximum atomic E-state index is 12.3.